The van der Waals surface area contributed by atoms with Gasteiger partial charge in [-0.05, 0) is 32.7 Å². The van der Waals surface area contributed by atoms with Gasteiger partial charge in [-0.2, -0.15) is 0 Å². The Morgan fingerprint density at radius 1 is 1.55 bits per heavy atom. The van der Waals surface area contributed by atoms with Gasteiger partial charge in [-0.25, -0.2) is 0 Å². The molecule has 1 amide bonds. The first-order chi connectivity index (χ1) is 9.66. The average Bonchev–Trinajstić information content (AvgIpc) is 3.14. The minimum absolute atomic E-state index is 0.0779. The van der Waals surface area contributed by atoms with Gasteiger partial charge in [0.1, 0.15) is 5.82 Å². The zero-order valence-corrected chi connectivity index (χ0v) is 12.3. The highest BCUT2D eigenvalue weighted by molar-refractivity contribution is 5.83. The Hall–Kier alpha value is -1.43. The van der Waals surface area contributed by atoms with Crippen molar-refractivity contribution in [2.24, 2.45) is 5.41 Å². The zero-order chi connectivity index (χ0) is 14.2. The summed E-state index contributed by atoms with van der Waals surface area (Å²) in [5.41, 5.74) is -0.248. The van der Waals surface area contributed by atoms with E-state index in [2.05, 4.69) is 32.3 Å². The van der Waals surface area contributed by atoms with Crippen LogP contribution in [0.2, 0.25) is 0 Å². The fourth-order valence-corrected chi connectivity index (χ4v) is 3.31. The molecule has 1 aromatic heterocycles. The maximum atomic E-state index is 12.6. The number of carbonyl (C=O) groups is 1. The maximum Gasteiger partial charge on any atom is 0.228 e. The minimum Gasteiger partial charge on any atom is -0.346 e. The van der Waals surface area contributed by atoms with Crippen LogP contribution in [0.3, 0.4) is 0 Å². The van der Waals surface area contributed by atoms with Crippen molar-refractivity contribution in [3.8, 4) is 0 Å². The van der Waals surface area contributed by atoms with Gasteiger partial charge in [-0.15, -0.1) is 10.2 Å². The lowest BCUT2D eigenvalue weighted by molar-refractivity contribution is -0.131. The molecule has 110 valence electrons. The summed E-state index contributed by atoms with van der Waals surface area (Å²) in [5, 5.41) is 14.9. The number of rotatable bonds is 4. The number of nitrogens with one attached hydrogen (secondary N) is 2. The first-order valence-corrected chi connectivity index (χ1v) is 7.60. The van der Waals surface area contributed by atoms with Crippen LogP contribution in [0.15, 0.2) is 0 Å². The van der Waals surface area contributed by atoms with Crippen LogP contribution in [0.1, 0.15) is 50.8 Å². The highest BCUT2D eigenvalue weighted by Crippen LogP contribution is 2.30. The standard InChI is InChI=1S/C14H23N5O/c1-3-14(6-7-15-9-14)13(20)16-10(2)12-18-17-11-5-4-8-19(11)12/h10,15H,3-9H2,1-2H3,(H,16,20). The Morgan fingerprint density at radius 2 is 2.40 bits per heavy atom. The molecule has 2 aliphatic rings. The van der Waals surface area contributed by atoms with Crippen LogP contribution in [0.4, 0.5) is 0 Å². The average molecular weight is 277 g/mol. The fraction of sp³-hybridized carbons (Fsp3) is 0.786. The van der Waals surface area contributed by atoms with Crippen molar-refractivity contribution < 1.29 is 4.79 Å². The molecular formula is C14H23N5O. The van der Waals surface area contributed by atoms with E-state index >= 15 is 0 Å². The van der Waals surface area contributed by atoms with Crippen molar-refractivity contribution in [3.63, 3.8) is 0 Å². The van der Waals surface area contributed by atoms with Crippen LogP contribution in [-0.2, 0) is 17.8 Å². The zero-order valence-electron chi connectivity index (χ0n) is 12.3. The van der Waals surface area contributed by atoms with E-state index in [1.807, 2.05) is 6.92 Å². The Bertz CT molecular complexity index is 504. The third-order valence-electron chi connectivity index (χ3n) is 4.78. The van der Waals surface area contributed by atoms with Gasteiger partial charge in [0, 0.05) is 19.5 Å². The quantitative estimate of drug-likeness (QED) is 0.853. The Labute approximate surface area is 119 Å². The van der Waals surface area contributed by atoms with Gasteiger partial charge in [0.15, 0.2) is 5.82 Å². The lowest BCUT2D eigenvalue weighted by Gasteiger charge is -2.27. The summed E-state index contributed by atoms with van der Waals surface area (Å²) in [6.45, 7) is 6.76. The van der Waals surface area contributed by atoms with E-state index in [0.29, 0.717) is 0 Å². The molecular weight excluding hydrogens is 254 g/mol. The molecule has 0 spiro atoms. The van der Waals surface area contributed by atoms with Crippen LogP contribution in [0, 0.1) is 5.41 Å². The van der Waals surface area contributed by atoms with Gasteiger partial charge in [0.2, 0.25) is 5.91 Å². The Morgan fingerprint density at radius 3 is 3.10 bits per heavy atom. The SMILES string of the molecule is CCC1(C(=O)NC(C)c2nnc3n2CCC3)CCNC1. The van der Waals surface area contributed by atoms with E-state index in [1.54, 1.807) is 0 Å². The molecule has 2 unspecified atom stereocenters. The number of hydrogen-bond donors (Lipinski definition) is 2. The maximum absolute atomic E-state index is 12.6. The third-order valence-corrected chi connectivity index (χ3v) is 4.78. The third kappa shape index (κ3) is 2.12. The number of nitrogens with zero attached hydrogens (tertiary/aromatic N) is 3. The molecule has 1 saturated heterocycles. The van der Waals surface area contributed by atoms with Crippen LogP contribution >= 0.6 is 0 Å². The van der Waals surface area contributed by atoms with Crippen LogP contribution in [0.25, 0.3) is 0 Å². The van der Waals surface area contributed by atoms with E-state index in [1.165, 1.54) is 0 Å². The lowest BCUT2D eigenvalue weighted by atomic mass is 9.83. The summed E-state index contributed by atoms with van der Waals surface area (Å²) in [6, 6.07) is -0.0779. The summed E-state index contributed by atoms with van der Waals surface area (Å²) < 4.78 is 2.15. The summed E-state index contributed by atoms with van der Waals surface area (Å²) in [4.78, 5) is 12.6. The molecule has 2 N–H and O–H groups in total. The van der Waals surface area contributed by atoms with Gasteiger partial charge in [-0.1, -0.05) is 6.92 Å². The summed E-state index contributed by atoms with van der Waals surface area (Å²) in [6.07, 6.45) is 3.91. The fourth-order valence-electron chi connectivity index (χ4n) is 3.31. The smallest absolute Gasteiger partial charge is 0.228 e. The van der Waals surface area contributed by atoms with Crippen molar-refractivity contribution >= 4 is 5.91 Å². The predicted octanol–water partition coefficient (Wildman–Crippen LogP) is 0.791. The molecule has 0 aliphatic carbocycles. The van der Waals surface area contributed by atoms with Crippen molar-refractivity contribution in [2.45, 2.75) is 52.1 Å². The van der Waals surface area contributed by atoms with Gasteiger partial charge in [-0.3, -0.25) is 4.79 Å². The monoisotopic (exact) mass is 277 g/mol. The summed E-state index contributed by atoms with van der Waals surface area (Å²) in [7, 11) is 0. The van der Waals surface area contributed by atoms with Gasteiger partial charge < -0.3 is 15.2 Å². The molecule has 0 saturated carbocycles. The van der Waals surface area contributed by atoms with Crippen molar-refractivity contribution in [1.29, 1.82) is 0 Å². The minimum atomic E-state index is -0.248. The first-order valence-electron chi connectivity index (χ1n) is 7.60. The van der Waals surface area contributed by atoms with Crippen molar-refractivity contribution in [1.82, 2.24) is 25.4 Å². The number of amides is 1. The van der Waals surface area contributed by atoms with Gasteiger partial charge >= 0.3 is 0 Å². The largest absolute Gasteiger partial charge is 0.346 e. The molecule has 20 heavy (non-hydrogen) atoms. The highest BCUT2D eigenvalue weighted by Gasteiger charge is 2.40. The second-order valence-corrected chi connectivity index (χ2v) is 5.99. The normalized spacial score (nSPS) is 26.5. The number of fused-ring (bicyclic) bond motifs is 1. The van der Waals surface area contributed by atoms with Gasteiger partial charge in [0.05, 0.1) is 11.5 Å². The Balaban J connectivity index is 1.72. The molecule has 3 rings (SSSR count). The Kier molecular flexibility index (Phi) is 3.50. The summed E-state index contributed by atoms with van der Waals surface area (Å²) >= 11 is 0. The van der Waals surface area contributed by atoms with Crippen LogP contribution in [0.5, 0.6) is 0 Å². The molecule has 0 bridgehead atoms. The van der Waals surface area contributed by atoms with E-state index in [-0.39, 0.29) is 17.4 Å². The predicted molar refractivity (Wildman–Crippen MR) is 75.1 cm³/mol. The summed E-state index contributed by atoms with van der Waals surface area (Å²) in [5.74, 6) is 2.09. The second kappa shape index (κ2) is 5.16. The molecule has 6 nitrogen and oxygen atoms in total. The number of aromatic nitrogens is 3. The molecule has 2 aliphatic heterocycles. The van der Waals surface area contributed by atoms with E-state index in [9.17, 15) is 4.79 Å². The number of aryl methyl sites for hydroxylation is 1. The molecule has 1 aromatic rings. The lowest BCUT2D eigenvalue weighted by Crippen LogP contribution is -2.43. The second-order valence-electron chi connectivity index (χ2n) is 5.99. The first kappa shape index (κ1) is 13.5. The topological polar surface area (TPSA) is 71.8 Å². The van der Waals surface area contributed by atoms with Crippen molar-refractivity contribution in [2.75, 3.05) is 13.1 Å². The number of hydrogen-bond acceptors (Lipinski definition) is 4. The molecule has 2 atom stereocenters. The van der Waals surface area contributed by atoms with Crippen molar-refractivity contribution in [3.05, 3.63) is 11.6 Å². The van der Waals surface area contributed by atoms with E-state index in [0.717, 1.165) is 57.0 Å². The highest BCUT2D eigenvalue weighted by atomic mass is 16.2. The van der Waals surface area contributed by atoms with Crippen LogP contribution in [-0.4, -0.2) is 33.8 Å². The van der Waals surface area contributed by atoms with Crippen LogP contribution < -0.4 is 10.6 Å². The molecule has 0 radical (unpaired) electrons. The number of carbonyl (C=O) groups excluding carboxylic acids is 1. The van der Waals surface area contributed by atoms with E-state index < -0.39 is 0 Å². The molecule has 6 heteroatoms. The molecule has 0 aromatic carbocycles. The van der Waals surface area contributed by atoms with E-state index in [4.69, 9.17) is 0 Å². The molecule has 1 fully saturated rings. The van der Waals surface area contributed by atoms with Gasteiger partial charge in [0.25, 0.3) is 0 Å². The molecule has 3 heterocycles.